The molecule has 1 aromatic carbocycles. The molecule has 0 radical (unpaired) electrons. The highest BCUT2D eigenvalue weighted by molar-refractivity contribution is 8.13. The lowest BCUT2D eigenvalue weighted by Crippen LogP contribution is -2.12. The average molecular weight is 341 g/mol. The molecule has 0 fully saturated rings. The number of benzene rings is 1. The number of hydrogen-bond donors (Lipinski definition) is 0. The molecule has 0 spiro atoms. The molecule has 8 heteroatoms. The van der Waals surface area contributed by atoms with Crippen LogP contribution in [-0.2, 0) is 13.8 Å². The van der Waals surface area contributed by atoms with Gasteiger partial charge < -0.3 is 4.74 Å². The Bertz CT molecular complexity index is 629. The van der Waals surface area contributed by atoms with Crippen LogP contribution in [0.4, 0.5) is 8.78 Å². The fraction of sp³-hybridized carbons (Fsp3) is 0.462. The standard InChI is InChI=1S/C13H15ClF2O4S/c1-8(2)4-3-5-20-13(17)10-6-9(15)7-11(12(10)16)21(14,18)19/h6-8H,3-5H2,1-2H3. The minimum atomic E-state index is -4.50. The van der Waals surface area contributed by atoms with Crippen LogP contribution in [0.25, 0.3) is 0 Å². The molecule has 0 unspecified atom stereocenters. The molecular weight excluding hydrogens is 326 g/mol. The van der Waals surface area contributed by atoms with Gasteiger partial charge in [-0.3, -0.25) is 0 Å². The Kier molecular flexibility index (Phi) is 6.10. The third-order valence-electron chi connectivity index (χ3n) is 2.65. The van der Waals surface area contributed by atoms with Crippen LogP contribution < -0.4 is 0 Å². The smallest absolute Gasteiger partial charge is 0.341 e. The zero-order valence-corrected chi connectivity index (χ0v) is 13.1. The minimum absolute atomic E-state index is 0.0376. The Hall–Kier alpha value is -1.21. The van der Waals surface area contributed by atoms with Gasteiger partial charge in [-0.25, -0.2) is 22.0 Å². The quantitative estimate of drug-likeness (QED) is 0.452. The van der Waals surface area contributed by atoms with Crippen molar-refractivity contribution in [3.05, 3.63) is 29.3 Å². The number of halogens is 3. The fourth-order valence-electron chi connectivity index (χ4n) is 1.62. The van der Waals surface area contributed by atoms with E-state index in [1.54, 1.807) is 0 Å². The Morgan fingerprint density at radius 1 is 1.33 bits per heavy atom. The van der Waals surface area contributed by atoms with Crippen molar-refractivity contribution in [1.29, 1.82) is 0 Å². The molecule has 0 N–H and O–H groups in total. The molecule has 4 nitrogen and oxygen atoms in total. The maximum absolute atomic E-state index is 13.9. The van der Waals surface area contributed by atoms with Crippen LogP contribution in [-0.4, -0.2) is 21.0 Å². The largest absolute Gasteiger partial charge is 0.462 e. The summed E-state index contributed by atoms with van der Waals surface area (Å²) in [6.45, 7) is 4.02. The van der Waals surface area contributed by atoms with E-state index in [1.807, 2.05) is 13.8 Å². The number of esters is 1. The first-order valence-electron chi connectivity index (χ1n) is 6.23. The second kappa shape index (κ2) is 7.17. The average Bonchev–Trinajstić information content (AvgIpc) is 2.35. The molecule has 0 aromatic heterocycles. The van der Waals surface area contributed by atoms with E-state index in [1.165, 1.54) is 0 Å². The van der Waals surface area contributed by atoms with Crippen molar-refractivity contribution in [2.45, 2.75) is 31.6 Å². The predicted molar refractivity (Wildman–Crippen MR) is 73.8 cm³/mol. The maximum Gasteiger partial charge on any atom is 0.341 e. The van der Waals surface area contributed by atoms with Gasteiger partial charge in [-0.05, 0) is 30.9 Å². The number of ether oxygens (including phenoxy) is 1. The summed E-state index contributed by atoms with van der Waals surface area (Å²) in [6, 6.07) is 0.985. The lowest BCUT2D eigenvalue weighted by molar-refractivity contribution is 0.0488. The van der Waals surface area contributed by atoms with Gasteiger partial charge in [0.05, 0.1) is 12.2 Å². The van der Waals surface area contributed by atoms with Gasteiger partial charge in [0.1, 0.15) is 10.7 Å². The van der Waals surface area contributed by atoms with E-state index in [0.29, 0.717) is 24.5 Å². The monoisotopic (exact) mass is 340 g/mol. The van der Waals surface area contributed by atoms with E-state index in [9.17, 15) is 22.0 Å². The summed E-state index contributed by atoms with van der Waals surface area (Å²) in [5.74, 6) is -3.22. The van der Waals surface area contributed by atoms with Crippen molar-refractivity contribution < 1.29 is 26.7 Å². The third-order valence-corrected chi connectivity index (χ3v) is 3.97. The highest BCUT2D eigenvalue weighted by atomic mass is 35.7. The molecule has 1 rings (SSSR count). The lowest BCUT2D eigenvalue weighted by Gasteiger charge is -2.08. The normalized spacial score (nSPS) is 11.7. The van der Waals surface area contributed by atoms with E-state index in [4.69, 9.17) is 15.4 Å². The number of rotatable bonds is 6. The lowest BCUT2D eigenvalue weighted by atomic mass is 10.1. The van der Waals surface area contributed by atoms with Crippen molar-refractivity contribution in [3.63, 3.8) is 0 Å². The first kappa shape index (κ1) is 17.8. The van der Waals surface area contributed by atoms with E-state index in [-0.39, 0.29) is 6.61 Å². The van der Waals surface area contributed by atoms with Crippen molar-refractivity contribution >= 4 is 25.7 Å². The van der Waals surface area contributed by atoms with Crippen molar-refractivity contribution in [2.24, 2.45) is 5.92 Å². The molecule has 0 aliphatic carbocycles. The van der Waals surface area contributed by atoms with E-state index >= 15 is 0 Å². The van der Waals surface area contributed by atoms with Gasteiger partial charge in [-0.15, -0.1) is 0 Å². The van der Waals surface area contributed by atoms with Crippen LogP contribution >= 0.6 is 10.7 Å². The van der Waals surface area contributed by atoms with Crippen LogP contribution in [0.15, 0.2) is 17.0 Å². The SMILES string of the molecule is CC(C)CCCOC(=O)c1cc(F)cc(S(=O)(=O)Cl)c1F. The van der Waals surface area contributed by atoms with Gasteiger partial charge in [0.25, 0.3) is 9.05 Å². The summed E-state index contributed by atoms with van der Waals surface area (Å²) in [4.78, 5) is 10.6. The van der Waals surface area contributed by atoms with E-state index < -0.39 is 37.1 Å². The van der Waals surface area contributed by atoms with Gasteiger partial charge >= 0.3 is 5.97 Å². The summed E-state index contributed by atoms with van der Waals surface area (Å²) in [7, 11) is 0.489. The van der Waals surface area contributed by atoms with Crippen LogP contribution in [0.5, 0.6) is 0 Å². The van der Waals surface area contributed by atoms with Gasteiger partial charge in [0.2, 0.25) is 0 Å². The molecule has 0 aliphatic heterocycles. The fourth-order valence-corrected chi connectivity index (χ4v) is 2.54. The minimum Gasteiger partial charge on any atom is -0.462 e. The van der Waals surface area contributed by atoms with Crippen molar-refractivity contribution in [1.82, 2.24) is 0 Å². The third kappa shape index (κ3) is 5.24. The molecule has 0 saturated carbocycles. The van der Waals surface area contributed by atoms with Crippen LogP contribution in [0.3, 0.4) is 0 Å². The molecule has 1 aromatic rings. The van der Waals surface area contributed by atoms with Gasteiger partial charge in [-0.1, -0.05) is 13.8 Å². The van der Waals surface area contributed by atoms with Crippen LogP contribution in [0.1, 0.15) is 37.0 Å². The molecule has 0 amide bonds. The first-order valence-corrected chi connectivity index (χ1v) is 8.54. The zero-order valence-electron chi connectivity index (χ0n) is 11.5. The molecule has 0 aliphatic rings. The summed E-state index contributed by atoms with van der Waals surface area (Å²) in [5, 5.41) is 0. The van der Waals surface area contributed by atoms with Crippen LogP contribution in [0, 0.1) is 17.6 Å². The maximum atomic E-state index is 13.9. The molecule has 0 heterocycles. The second-order valence-electron chi connectivity index (χ2n) is 4.88. The van der Waals surface area contributed by atoms with Gasteiger partial charge in [0.15, 0.2) is 5.82 Å². The number of carbonyl (C=O) groups is 1. The van der Waals surface area contributed by atoms with Crippen molar-refractivity contribution in [3.8, 4) is 0 Å². The Balaban J connectivity index is 2.93. The summed E-state index contributed by atoms with van der Waals surface area (Å²) >= 11 is 0. The molecular formula is C13H15ClF2O4S. The predicted octanol–water partition coefficient (Wildman–Crippen LogP) is 3.49. The highest BCUT2D eigenvalue weighted by Gasteiger charge is 2.25. The molecule has 0 atom stereocenters. The second-order valence-corrected chi connectivity index (χ2v) is 7.41. The Morgan fingerprint density at radius 3 is 2.48 bits per heavy atom. The van der Waals surface area contributed by atoms with E-state index in [0.717, 1.165) is 6.42 Å². The van der Waals surface area contributed by atoms with Gasteiger partial charge in [-0.2, -0.15) is 0 Å². The number of hydrogen-bond acceptors (Lipinski definition) is 4. The summed E-state index contributed by atoms with van der Waals surface area (Å²) in [5.41, 5.74) is -0.793. The Labute approximate surface area is 126 Å². The highest BCUT2D eigenvalue weighted by Crippen LogP contribution is 2.24. The summed E-state index contributed by atoms with van der Waals surface area (Å²) < 4.78 is 54.2. The first-order chi connectivity index (χ1) is 9.62. The topological polar surface area (TPSA) is 60.4 Å². The van der Waals surface area contributed by atoms with Crippen LogP contribution in [0.2, 0.25) is 0 Å². The number of carbonyl (C=O) groups excluding carboxylic acids is 1. The summed E-state index contributed by atoms with van der Waals surface area (Å²) in [6.07, 6.45) is 1.38. The van der Waals surface area contributed by atoms with Gasteiger partial charge in [0, 0.05) is 10.7 Å². The molecule has 0 bridgehead atoms. The Morgan fingerprint density at radius 2 is 1.95 bits per heavy atom. The van der Waals surface area contributed by atoms with Crippen molar-refractivity contribution in [2.75, 3.05) is 6.61 Å². The molecule has 21 heavy (non-hydrogen) atoms. The van der Waals surface area contributed by atoms with E-state index in [2.05, 4.69) is 0 Å². The zero-order chi connectivity index (χ0) is 16.2. The molecule has 0 saturated heterocycles. The molecule has 118 valence electrons.